The number of nitrogens with zero attached hydrogens (tertiary/aromatic N) is 2. The SMILES string of the molecule is CCc1ncc(CNc2cc(Br)cnc2Cl)s1. The van der Waals surface area contributed by atoms with Gasteiger partial charge in [-0.3, -0.25) is 0 Å². The Bertz CT molecular complexity index is 515. The van der Waals surface area contributed by atoms with Crippen LogP contribution < -0.4 is 5.32 Å². The molecule has 0 saturated carbocycles. The molecule has 3 nitrogen and oxygen atoms in total. The summed E-state index contributed by atoms with van der Waals surface area (Å²) in [6, 6.07) is 1.91. The molecule has 0 aliphatic rings. The predicted octanol–water partition coefficient (Wildman–Crippen LogP) is 4.13. The molecule has 0 bridgehead atoms. The monoisotopic (exact) mass is 331 g/mol. The second-order valence-electron chi connectivity index (χ2n) is 3.42. The molecule has 1 N–H and O–H groups in total. The number of anilines is 1. The lowest BCUT2D eigenvalue weighted by molar-refractivity contribution is 1.09. The van der Waals surface area contributed by atoms with E-state index in [1.165, 1.54) is 4.88 Å². The van der Waals surface area contributed by atoms with Gasteiger partial charge in [-0.05, 0) is 28.4 Å². The van der Waals surface area contributed by atoms with Gasteiger partial charge in [0.1, 0.15) is 0 Å². The zero-order valence-electron chi connectivity index (χ0n) is 9.20. The average Bonchev–Trinajstić information content (AvgIpc) is 2.78. The molecule has 0 atom stereocenters. The van der Waals surface area contributed by atoms with Gasteiger partial charge in [0.25, 0.3) is 0 Å². The predicted molar refractivity (Wildman–Crippen MR) is 75.8 cm³/mol. The highest BCUT2D eigenvalue weighted by Crippen LogP contribution is 2.24. The Hall–Kier alpha value is -0.650. The summed E-state index contributed by atoms with van der Waals surface area (Å²) in [5.74, 6) is 0. The van der Waals surface area contributed by atoms with Crippen molar-refractivity contribution in [1.82, 2.24) is 9.97 Å². The Balaban J connectivity index is 2.04. The van der Waals surface area contributed by atoms with Gasteiger partial charge in [0.2, 0.25) is 0 Å². The van der Waals surface area contributed by atoms with Crippen molar-refractivity contribution in [3.63, 3.8) is 0 Å². The Morgan fingerprint density at radius 3 is 2.94 bits per heavy atom. The van der Waals surface area contributed by atoms with Crippen LogP contribution in [0.4, 0.5) is 5.69 Å². The van der Waals surface area contributed by atoms with E-state index >= 15 is 0 Å². The van der Waals surface area contributed by atoms with Gasteiger partial charge in [-0.25, -0.2) is 9.97 Å². The summed E-state index contributed by atoms with van der Waals surface area (Å²) in [5, 5.41) is 4.89. The first kappa shape index (κ1) is 12.8. The van der Waals surface area contributed by atoms with E-state index in [-0.39, 0.29) is 0 Å². The molecule has 0 spiro atoms. The van der Waals surface area contributed by atoms with Gasteiger partial charge < -0.3 is 5.32 Å². The molecule has 17 heavy (non-hydrogen) atoms. The maximum absolute atomic E-state index is 5.99. The number of halogens is 2. The first-order valence-corrected chi connectivity index (χ1v) is 7.16. The summed E-state index contributed by atoms with van der Waals surface area (Å²) >= 11 is 11.1. The van der Waals surface area contributed by atoms with Crippen molar-refractivity contribution in [3.05, 3.63) is 38.0 Å². The van der Waals surface area contributed by atoms with Crippen molar-refractivity contribution < 1.29 is 0 Å². The third-order valence-corrected chi connectivity index (χ3v) is 4.04. The fraction of sp³-hybridized carbons (Fsp3) is 0.273. The van der Waals surface area contributed by atoms with E-state index in [1.807, 2.05) is 12.3 Å². The number of hydrogen-bond acceptors (Lipinski definition) is 4. The summed E-state index contributed by atoms with van der Waals surface area (Å²) in [4.78, 5) is 9.56. The first-order valence-electron chi connectivity index (χ1n) is 5.17. The zero-order valence-corrected chi connectivity index (χ0v) is 12.4. The minimum absolute atomic E-state index is 0.480. The van der Waals surface area contributed by atoms with Crippen molar-refractivity contribution in [2.24, 2.45) is 0 Å². The molecular weight excluding hydrogens is 322 g/mol. The maximum atomic E-state index is 5.99. The molecule has 0 unspecified atom stereocenters. The largest absolute Gasteiger partial charge is 0.378 e. The maximum Gasteiger partial charge on any atom is 0.152 e. The molecule has 0 amide bonds. The van der Waals surface area contributed by atoms with Crippen molar-refractivity contribution in [2.75, 3.05) is 5.32 Å². The molecule has 0 fully saturated rings. The number of pyridine rings is 1. The zero-order chi connectivity index (χ0) is 12.3. The van der Waals surface area contributed by atoms with E-state index in [0.29, 0.717) is 5.15 Å². The van der Waals surface area contributed by atoms with Crippen LogP contribution in [0.5, 0.6) is 0 Å². The first-order chi connectivity index (χ1) is 8.19. The molecule has 0 saturated heterocycles. The van der Waals surface area contributed by atoms with Crippen LogP contribution in [0.15, 0.2) is 22.9 Å². The fourth-order valence-electron chi connectivity index (χ4n) is 1.32. The number of thiazole rings is 1. The quantitative estimate of drug-likeness (QED) is 0.856. The minimum atomic E-state index is 0.480. The van der Waals surface area contributed by atoms with E-state index in [2.05, 4.69) is 38.1 Å². The van der Waals surface area contributed by atoms with Crippen LogP contribution in [0.1, 0.15) is 16.8 Å². The summed E-state index contributed by atoms with van der Waals surface area (Å²) in [6.45, 7) is 2.82. The molecule has 0 aromatic carbocycles. The number of aryl methyl sites for hydroxylation is 1. The number of rotatable bonds is 4. The second-order valence-corrected chi connectivity index (χ2v) is 5.89. The summed E-state index contributed by atoms with van der Waals surface area (Å²) in [6.07, 6.45) is 4.55. The summed E-state index contributed by atoms with van der Waals surface area (Å²) in [7, 11) is 0. The van der Waals surface area contributed by atoms with Gasteiger partial charge in [0.05, 0.1) is 17.2 Å². The van der Waals surface area contributed by atoms with Gasteiger partial charge in [-0.2, -0.15) is 0 Å². The molecule has 2 rings (SSSR count). The van der Waals surface area contributed by atoms with E-state index in [1.54, 1.807) is 17.5 Å². The lowest BCUT2D eigenvalue weighted by atomic mass is 10.4. The highest BCUT2D eigenvalue weighted by atomic mass is 79.9. The van der Waals surface area contributed by atoms with Crippen molar-refractivity contribution in [3.8, 4) is 0 Å². The van der Waals surface area contributed by atoms with E-state index in [0.717, 1.165) is 28.1 Å². The molecule has 6 heteroatoms. The van der Waals surface area contributed by atoms with Crippen LogP contribution in [0.3, 0.4) is 0 Å². The van der Waals surface area contributed by atoms with Crippen molar-refractivity contribution in [2.45, 2.75) is 19.9 Å². The van der Waals surface area contributed by atoms with Gasteiger partial charge in [-0.1, -0.05) is 18.5 Å². The minimum Gasteiger partial charge on any atom is -0.378 e. The Labute approximate surface area is 117 Å². The molecule has 2 aromatic rings. The number of nitrogens with one attached hydrogen (secondary N) is 1. The molecule has 0 radical (unpaired) electrons. The highest BCUT2D eigenvalue weighted by Gasteiger charge is 2.04. The third-order valence-electron chi connectivity index (χ3n) is 2.16. The molecule has 2 aromatic heterocycles. The Kier molecular flexibility index (Phi) is 4.36. The van der Waals surface area contributed by atoms with Crippen LogP contribution in [0.25, 0.3) is 0 Å². The molecule has 0 aliphatic heterocycles. The molecular formula is C11H11BrClN3S. The van der Waals surface area contributed by atoms with Crippen LogP contribution in [-0.4, -0.2) is 9.97 Å². The van der Waals surface area contributed by atoms with Gasteiger partial charge in [0.15, 0.2) is 5.15 Å². The number of hydrogen-bond donors (Lipinski definition) is 1. The van der Waals surface area contributed by atoms with Crippen LogP contribution in [0.2, 0.25) is 5.15 Å². The van der Waals surface area contributed by atoms with Crippen molar-refractivity contribution >= 4 is 44.6 Å². The summed E-state index contributed by atoms with van der Waals surface area (Å²) < 4.78 is 0.906. The number of aromatic nitrogens is 2. The smallest absolute Gasteiger partial charge is 0.152 e. The second kappa shape index (κ2) is 5.80. The molecule has 90 valence electrons. The van der Waals surface area contributed by atoms with Crippen molar-refractivity contribution in [1.29, 1.82) is 0 Å². The lowest BCUT2D eigenvalue weighted by Crippen LogP contribution is -1.99. The Morgan fingerprint density at radius 2 is 2.24 bits per heavy atom. The fourth-order valence-corrected chi connectivity index (χ4v) is 2.63. The van der Waals surface area contributed by atoms with Gasteiger partial charge in [0, 0.05) is 21.7 Å². The highest BCUT2D eigenvalue weighted by molar-refractivity contribution is 9.10. The summed E-state index contributed by atoms with van der Waals surface area (Å²) in [5.41, 5.74) is 0.826. The molecule has 2 heterocycles. The normalized spacial score (nSPS) is 10.5. The van der Waals surface area contributed by atoms with Crippen LogP contribution in [0, 0.1) is 0 Å². The van der Waals surface area contributed by atoms with E-state index in [9.17, 15) is 0 Å². The van der Waals surface area contributed by atoms with Gasteiger partial charge in [-0.15, -0.1) is 11.3 Å². The van der Waals surface area contributed by atoms with E-state index < -0.39 is 0 Å². The van der Waals surface area contributed by atoms with Crippen LogP contribution in [-0.2, 0) is 13.0 Å². The van der Waals surface area contributed by atoms with E-state index in [4.69, 9.17) is 11.6 Å². The molecule has 0 aliphatic carbocycles. The lowest BCUT2D eigenvalue weighted by Gasteiger charge is -2.06. The topological polar surface area (TPSA) is 37.8 Å². The standard InChI is InChI=1S/C11H11BrClN3S/c1-2-10-15-6-8(17-10)5-14-9-3-7(12)4-16-11(9)13/h3-4,6,14H,2,5H2,1H3. The average molecular weight is 333 g/mol. The van der Waals surface area contributed by atoms with Crippen LogP contribution >= 0.6 is 38.9 Å². The third kappa shape index (κ3) is 3.40. The Morgan fingerprint density at radius 1 is 1.41 bits per heavy atom. The van der Waals surface area contributed by atoms with Gasteiger partial charge >= 0.3 is 0 Å².